The lowest BCUT2D eigenvalue weighted by molar-refractivity contribution is 0.509. The predicted molar refractivity (Wildman–Crippen MR) is 124 cm³/mol. The summed E-state index contributed by atoms with van der Waals surface area (Å²) < 4.78 is 9.58. The average molecular weight is 447 g/mol. The van der Waals surface area contributed by atoms with Gasteiger partial charge in [0.25, 0.3) is 5.56 Å². The molecule has 0 spiro atoms. The van der Waals surface area contributed by atoms with Crippen molar-refractivity contribution in [3.05, 3.63) is 70.8 Å². The van der Waals surface area contributed by atoms with Gasteiger partial charge in [-0.3, -0.25) is 13.8 Å². The Morgan fingerprint density at radius 1 is 1.00 bits per heavy atom. The Labute approximate surface area is 188 Å². The summed E-state index contributed by atoms with van der Waals surface area (Å²) in [5.74, 6) is 1.54. The number of nitrogens with zero attached hydrogens (tertiary/aromatic N) is 6. The molecule has 0 aliphatic rings. The molecule has 2 aromatic carbocycles. The topological polar surface area (TPSA) is 91.1 Å². The highest BCUT2D eigenvalue weighted by molar-refractivity contribution is 7.99. The van der Waals surface area contributed by atoms with E-state index in [1.165, 1.54) is 11.8 Å². The number of fused-ring (bicyclic) bond motifs is 3. The van der Waals surface area contributed by atoms with Crippen LogP contribution in [0.4, 0.5) is 0 Å². The number of unbranched alkanes of at least 4 members (excludes halogenated alkanes) is 1. The van der Waals surface area contributed by atoms with Crippen LogP contribution < -0.4 is 5.56 Å². The maximum Gasteiger partial charge on any atom is 0.262 e. The maximum atomic E-state index is 13.1. The van der Waals surface area contributed by atoms with E-state index < -0.39 is 0 Å². The number of hydrogen-bond donors (Lipinski definition) is 0. The van der Waals surface area contributed by atoms with Crippen molar-refractivity contribution in [2.75, 3.05) is 0 Å². The molecule has 0 radical (unpaired) electrons. The molecule has 9 heteroatoms. The second kappa shape index (κ2) is 8.58. The quantitative estimate of drug-likeness (QED) is 0.333. The van der Waals surface area contributed by atoms with E-state index in [0.717, 1.165) is 23.9 Å². The van der Waals surface area contributed by atoms with Gasteiger partial charge in [-0.05, 0) is 37.6 Å². The van der Waals surface area contributed by atoms with Crippen molar-refractivity contribution in [3.63, 3.8) is 0 Å². The van der Waals surface area contributed by atoms with Crippen LogP contribution >= 0.6 is 11.8 Å². The monoisotopic (exact) mass is 446 g/mol. The molecule has 0 bridgehead atoms. The number of aryl methyl sites for hydroxylation is 1. The Bertz CT molecular complexity index is 1440. The van der Waals surface area contributed by atoms with Gasteiger partial charge in [0, 0.05) is 12.1 Å². The summed E-state index contributed by atoms with van der Waals surface area (Å²) in [6.07, 6.45) is 1.88. The fourth-order valence-corrected chi connectivity index (χ4v) is 4.52. The largest absolute Gasteiger partial charge is 0.419 e. The van der Waals surface area contributed by atoms with Crippen molar-refractivity contribution in [3.8, 4) is 11.5 Å². The smallest absolute Gasteiger partial charge is 0.262 e. The standard InChI is InChI=1S/C23H22N6O2S/c1-3-4-14-28-21(30)17-12-8-9-13-18(17)29-22(28)26-27-23(29)32-15(2)19-24-25-20(31-19)16-10-6-5-7-11-16/h5-13,15H,3-4,14H2,1-2H3. The molecule has 0 aliphatic carbocycles. The van der Waals surface area contributed by atoms with Gasteiger partial charge < -0.3 is 4.42 Å². The molecular weight excluding hydrogens is 424 g/mol. The summed E-state index contributed by atoms with van der Waals surface area (Å²) in [7, 11) is 0. The van der Waals surface area contributed by atoms with Crippen LogP contribution in [0.25, 0.3) is 28.1 Å². The van der Waals surface area contributed by atoms with E-state index in [4.69, 9.17) is 4.42 Å². The molecule has 1 unspecified atom stereocenters. The molecule has 0 fully saturated rings. The van der Waals surface area contributed by atoms with Gasteiger partial charge >= 0.3 is 0 Å². The summed E-state index contributed by atoms with van der Waals surface area (Å²) in [6.45, 7) is 4.69. The first-order valence-corrected chi connectivity index (χ1v) is 11.5. The van der Waals surface area contributed by atoms with Crippen LogP contribution in [0.15, 0.2) is 69.0 Å². The van der Waals surface area contributed by atoms with Gasteiger partial charge in [-0.1, -0.05) is 55.4 Å². The van der Waals surface area contributed by atoms with Crippen LogP contribution in [0.2, 0.25) is 0 Å². The number of hydrogen-bond acceptors (Lipinski definition) is 7. The molecule has 3 heterocycles. The highest BCUT2D eigenvalue weighted by atomic mass is 32.2. The molecule has 1 atom stereocenters. The van der Waals surface area contributed by atoms with Crippen molar-refractivity contribution in [2.24, 2.45) is 0 Å². The Morgan fingerprint density at radius 2 is 1.78 bits per heavy atom. The minimum atomic E-state index is -0.151. The number of aromatic nitrogens is 6. The zero-order valence-electron chi connectivity index (χ0n) is 17.8. The molecule has 162 valence electrons. The first-order chi connectivity index (χ1) is 15.7. The number of rotatable bonds is 7. The minimum absolute atomic E-state index is 0.0389. The van der Waals surface area contributed by atoms with Crippen LogP contribution in [-0.2, 0) is 6.54 Å². The number of para-hydroxylation sites is 1. The third kappa shape index (κ3) is 3.58. The lowest BCUT2D eigenvalue weighted by atomic mass is 10.2. The van der Waals surface area contributed by atoms with Crippen molar-refractivity contribution in [1.82, 2.24) is 29.4 Å². The normalized spacial score (nSPS) is 12.6. The second-order valence-corrected chi connectivity index (χ2v) is 8.82. The van der Waals surface area contributed by atoms with Crippen molar-refractivity contribution in [1.29, 1.82) is 0 Å². The molecule has 32 heavy (non-hydrogen) atoms. The number of benzene rings is 2. The molecule has 0 amide bonds. The molecular formula is C23H22N6O2S. The summed E-state index contributed by atoms with van der Waals surface area (Å²) >= 11 is 1.47. The molecule has 5 rings (SSSR count). The Balaban J connectivity index is 1.54. The summed E-state index contributed by atoms with van der Waals surface area (Å²) in [5, 5.41) is 18.4. The first kappa shape index (κ1) is 20.4. The highest BCUT2D eigenvalue weighted by Crippen LogP contribution is 2.35. The molecule has 0 N–H and O–H groups in total. The lowest BCUT2D eigenvalue weighted by Crippen LogP contribution is -2.23. The van der Waals surface area contributed by atoms with Crippen LogP contribution in [0.1, 0.15) is 37.8 Å². The van der Waals surface area contributed by atoms with Gasteiger partial charge in [0.15, 0.2) is 5.16 Å². The predicted octanol–water partition coefficient (Wildman–Crippen LogP) is 4.75. The Morgan fingerprint density at radius 3 is 2.59 bits per heavy atom. The fourth-order valence-electron chi connectivity index (χ4n) is 3.63. The van der Waals surface area contributed by atoms with Crippen LogP contribution in [0.3, 0.4) is 0 Å². The molecule has 8 nitrogen and oxygen atoms in total. The van der Waals surface area contributed by atoms with E-state index in [1.54, 1.807) is 4.57 Å². The Hall–Kier alpha value is -3.46. The van der Waals surface area contributed by atoms with Crippen molar-refractivity contribution < 1.29 is 4.42 Å². The molecule has 0 saturated heterocycles. The average Bonchev–Trinajstić information content (AvgIpc) is 3.48. The summed E-state index contributed by atoms with van der Waals surface area (Å²) in [5.41, 5.74) is 1.63. The summed E-state index contributed by atoms with van der Waals surface area (Å²) in [6, 6.07) is 17.2. The molecule has 0 saturated carbocycles. The van der Waals surface area contributed by atoms with Crippen LogP contribution in [0, 0.1) is 0 Å². The van der Waals surface area contributed by atoms with Gasteiger partial charge in [-0.2, -0.15) is 0 Å². The van der Waals surface area contributed by atoms with Crippen LogP contribution in [0.5, 0.6) is 0 Å². The fraction of sp³-hybridized carbons (Fsp3) is 0.261. The van der Waals surface area contributed by atoms with Crippen molar-refractivity contribution in [2.45, 2.75) is 43.6 Å². The lowest BCUT2D eigenvalue weighted by Gasteiger charge is -2.11. The van der Waals surface area contributed by atoms with E-state index in [0.29, 0.717) is 34.6 Å². The van der Waals surface area contributed by atoms with E-state index in [1.807, 2.05) is 65.9 Å². The van der Waals surface area contributed by atoms with Gasteiger partial charge in [-0.25, -0.2) is 0 Å². The number of thioether (sulfide) groups is 1. The Kier molecular flexibility index (Phi) is 5.48. The van der Waals surface area contributed by atoms with Crippen molar-refractivity contribution >= 4 is 28.4 Å². The molecule has 0 aliphatic heterocycles. The zero-order valence-corrected chi connectivity index (χ0v) is 18.6. The van der Waals surface area contributed by atoms with Gasteiger partial charge in [0.05, 0.1) is 16.2 Å². The zero-order chi connectivity index (χ0) is 22.1. The van der Waals surface area contributed by atoms with Crippen LogP contribution in [-0.4, -0.2) is 29.4 Å². The highest BCUT2D eigenvalue weighted by Gasteiger charge is 2.22. The third-order valence-electron chi connectivity index (χ3n) is 5.30. The molecule has 3 aromatic heterocycles. The third-order valence-corrected chi connectivity index (χ3v) is 6.34. The minimum Gasteiger partial charge on any atom is -0.419 e. The van der Waals surface area contributed by atoms with E-state index >= 15 is 0 Å². The van der Waals surface area contributed by atoms with E-state index in [-0.39, 0.29) is 10.8 Å². The van der Waals surface area contributed by atoms with E-state index in [9.17, 15) is 4.79 Å². The van der Waals surface area contributed by atoms with Gasteiger partial charge in [-0.15, -0.1) is 20.4 Å². The SMILES string of the molecule is CCCCn1c(=O)c2ccccc2n2c(SC(C)c3nnc(-c4ccccc4)o3)nnc12. The second-order valence-electron chi connectivity index (χ2n) is 7.52. The van der Waals surface area contributed by atoms with Gasteiger partial charge in [0.2, 0.25) is 17.6 Å². The van der Waals surface area contributed by atoms with Gasteiger partial charge in [0.1, 0.15) is 0 Å². The van der Waals surface area contributed by atoms with E-state index in [2.05, 4.69) is 27.3 Å². The molecule has 5 aromatic rings. The summed E-state index contributed by atoms with van der Waals surface area (Å²) in [4.78, 5) is 13.1. The first-order valence-electron chi connectivity index (χ1n) is 10.6. The maximum absolute atomic E-state index is 13.1.